The number of carboxylic acid groups (broad SMARTS) is 1. The lowest BCUT2D eigenvalue weighted by Gasteiger charge is -2.26. The van der Waals surface area contributed by atoms with Crippen LogP contribution in [0.25, 0.3) is 0 Å². The van der Waals surface area contributed by atoms with Crippen molar-refractivity contribution in [2.45, 2.75) is 44.2 Å². The quantitative estimate of drug-likeness (QED) is 0.408. The molecule has 0 aromatic rings. The molecule has 1 heterocycles. The Labute approximate surface area is 123 Å². The fraction of sp³-hybridized carbons (Fsp3) is 0.769. The zero-order valence-electron chi connectivity index (χ0n) is 12.1. The van der Waals surface area contributed by atoms with E-state index in [1.807, 2.05) is 0 Å². The van der Waals surface area contributed by atoms with E-state index < -0.39 is 30.5 Å². The van der Waals surface area contributed by atoms with Gasteiger partial charge in [-0.25, -0.2) is 0 Å². The predicted octanol–water partition coefficient (Wildman–Crippen LogP) is -1.37. The topological polar surface area (TPSA) is 139 Å². The van der Waals surface area contributed by atoms with Gasteiger partial charge in [-0.1, -0.05) is 6.42 Å². The summed E-state index contributed by atoms with van der Waals surface area (Å²) < 4.78 is 0. The standard InChI is InChI=1S/C13H24N4O4/c14-6-2-1-4-9(15)13(21)17-7-3-5-10(17)12(20)16-8-11(18)19/h9-10H,1-8,14-15H2,(H,16,20)(H,18,19)/t9-,10-/m0/s1. The number of nitrogens with one attached hydrogen (secondary N) is 1. The molecule has 2 amide bonds. The fourth-order valence-electron chi connectivity index (χ4n) is 2.43. The van der Waals surface area contributed by atoms with Crippen LogP contribution in [-0.2, 0) is 14.4 Å². The molecule has 2 atom stereocenters. The molecule has 1 aliphatic rings. The number of carboxylic acids is 1. The molecule has 120 valence electrons. The van der Waals surface area contributed by atoms with Crippen LogP contribution in [0.15, 0.2) is 0 Å². The molecule has 0 unspecified atom stereocenters. The summed E-state index contributed by atoms with van der Waals surface area (Å²) in [4.78, 5) is 36.1. The Hall–Kier alpha value is -1.67. The third-order valence-electron chi connectivity index (χ3n) is 3.54. The minimum absolute atomic E-state index is 0.250. The van der Waals surface area contributed by atoms with Gasteiger partial charge in [-0.3, -0.25) is 14.4 Å². The third kappa shape index (κ3) is 5.31. The van der Waals surface area contributed by atoms with E-state index in [9.17, 15) is 14.4 Å². The molecule has 0 spiro atoms. The van der Waals surface area contributed by atoms with Crippen molar-refractivity contribution < 1.29 is 19.5 Å². The normalized spacial score (nSPS) is 19.3. The number of nitrogens with zero attached hydrogens (tertiary/aromatic N) is 1. The average molecular weight is 300 g/mol. The average Bonchev–Trinajstić information content (AvgIpc) is 2.93. The molecule has 0 aromatic carbocycles. The van der Waals surface area contributed by atoms with Crippen LogP contribution in [0.2, 0.25) is 0 Å². The van der Waals surface area contributed by atoms with Crippen molar-refractivity contribution >= 4 is 17.8 Å². The molecule has 6 N–H and O–H groups in total. The van der Waals surface area contributed by atoms with Crippen LogP contribution >= 0.6 is 0 Å². The highest BCUT2D eigenvalue weighted by Gasteiger charge is 2.35. The molecule has 8 nitrogen and oxygen atoms in total. The van der Waals surface area contributed by atoms with Gasteiger partial charge in [-0.05, 0) is 32.2 Å². The van der Waals surface area contributed by atoms with E-state index in [1.165, 1.54) is 4.90 Å². The van der Waals surface area contributed by atoms with E-state index >= 15 is 0 Å². The van der Waals surface area contributed by atoms with Crippen LogP contribution in [-0.4, -0.2) is 59.5 Å². The van der Waals surface area contributed by atoms with Gasteiger partial charge in [0, 0.05) is 6.54 Å². The SMILES string of the molecule is NCCCC[C@H](N)C(=O)N1CCC[C@H]1C(=O)NCC(=O)O. The molecule has 0 saturated carbocycles. The zero-order valence-corrected chi connectivity index (χ0v) is 12.1. The van der Waals surface area contributed by atoms with Gasteiger partial charge in [0.25, 0.3) is 0 Å². The minimum Gasteiger partial charge on any atom is -0.480 e. The van der Waals surface area contributed by atoms with E-state index in [1.54, 1.807) is 0 Å². The first-order valence-corrected chi connectivity index (χ1v) is 7.23. The van der Waals surface area contributed by atoms with Crippen molar-refractivity contribution in [2.75, 3.05) is 19.6 Å². The Morgan fingerprint density at radius 1 is 1.33 bits per heavy atom. The lowest BCUT2D eigenvalue weighted by Crippen LogP contribution is -2.51. The van der Waals surface area contributed by atoms with Crippen LogP contribution in [0, 0.1) is 0 Å². The summed E-state index contributed by atoms with van der Waals surface area (Å²) in [6.07, 6.45) is 3.37. The fourth-order valence-corrected chi connectivity index (χ4v) is 2.43. The molecule has 0 bridgehead atoms. The van der Waals surface area contributed by atoms with Gasteiger partial charge in [0.15, 0.2) is 0 Å². The molecular weight excluding hydrogens is 276 g/mol. The van der Waals surface area contributed by atoms with E-state index in [0.717, 1.165) is 12.8 Å². The number of carbonyl (C=O) groups excluding carboxylic acids is 2. The summed E-state index contributed by atoms with van der Waals surface area (Å²) in [7, 11) is 0. The number of carbonyl (C=O) groups is 3. The summed E-state index contributed by atoms with van der Waals surface area (Å²) in [5.74, 6) is -1.80. The summed E-state index contributed by atoms with van der Waals surface area (Å²) >= 11 is 0. The van der Waals surface area contributed by atoms with Crippen molar-refractivity contribution in [2.24, 2.45) is 11.5 Å². The Morgan fingerprint density at radius 3 is 2.67 bits per heavy atom. The lowest BCUT2D eigenvalue weighted by molar-refractivity contribution is -0.141. The summed E-state index contributed by atoms with van der Waals surface area (Å²) in [5.41, 5.74) is 11.3. The first-order chi connectivity index (χ1) is 9.97. The minimum atomic E-state index is -1.11. The van der Waals surface area contributed by atoms with Gasteiger partial charge in [0.2, 0.25) is 11.8 Å². The lowest BCUT2D eigenvalue weighted by atomic mass is 10.1. The van der Waals surface area contributed by atoms with E-state index in [0.29, 0.717) is 32.4 Å². The Balaban J connectivity index is 2.53. The maximum Gasteiger partial charge on any atom is 0.322 e. The van der Waals surface area contributed by atoms with E-state index in [-0.39, 0.29) is 5.91 Å². The third-order valence-corrected chi connectivity index (χ3v) is 3.54. The molecule has 1 saturated heterocycles. The second-order valence-electron chi connectivity index (χ2n) is 5.19. The molecule has 0 aliphatic carbocycles. The number of hydrogen-bond acceptors (Lipinski definition) is 5. The number of nitrogens with two attached hydrogens (primary N) is 2. The molecular formula is C13H24N4O4. The number of unbranched alkanes of at least 4 members (excludes halogenated alkanes) is 1. The highest BCUT2D eigenvalue weighted by molar-refractivity contribution is 5.91. The molecule has 1 fully saturated rings. The van der Waals surface area contributed by atoms with Crippen LogP contribution in [0.5, 0.6) is 0 Å². The smallest absolute Gasteiger partial charge is 0.322 e. The number of amides is 2. The van der Waals surface area contributed by atoms with Crippen LogP contribution in [0.4, 0.5) is 0 Å². The van der Waals surface area contributed by atoms with Gasteiger partial charge in [0.1, 0.15) is 12.6 Å². The first kappa shape index (κ1) is 17.4. The Morgan fingerprint density at radius 2 is 2.05 bits per heavy atom. The highest BCUT2D eigenvalue weighted by Crippen LogP contribution is 2.19. The van der Waals surface area contributed by atoms with E-state index in [4.69, 9.17) is 16.6 Å². The maximum absolute atomic E-state index is 12.3. The maximum atomic E-state index is 12.3. The second kappa shape index (κ2) is 8.58. The van der Waals surface area contributed by atoms with Crippen molar-refractivity contribution in [3.8, 4) is 0 Å². The van der Waals surface area contributed by atoms with Crippen molar-refractivity contribution in [3.63, 3.8) is 0 Å². The number of rotatable bonds is 8. The van der Waals surface area contributed by atoms with Gasteiger partial charge in [-0.2, -0.15) is 0 Å². The van der Waals surface area contributed by atoms with Gasteiger partial charge >= 0.3 is 5.97 Å². The van der Waals surface area contributed by atoms with Crippen molar-refractivity contribution in [1.82, 2.24) is 10.2 Å². The van der Waals surface area contributed by atoms with Crippen molar-refractivity contribution in [1.29, 1.82) is 0 Å². The summed E-state index contributed by atoms with van der Waals surface area (Å²) in [6, 6.07) is -1.25. The van der Waals surface area contributed by atoms with Gasteiger partial charge in [-0.15, -0.1) is 0 Å². The molecule has 1 rings (SSSR count). The Kier molecular flexibility index (Phi) is 7.10. The van der Waals surface area contributed by atoms with Gasteiger partial charge in [0.05, 0.1) is 6.04 Å². The first-order valence-electron chi connectivity index (χ1n) is 7.23. The largest absolute Gasteiger partial charge is 0.480 e. The van der Waals surface area contributed by atoms with Crippen LogP contribution < -0.4 is 16.8 Å². The molecule has 0 aromatic heterocycles. The second-order valence-corrected chi connectivity index (χ2v) is 5.19. The van der Waals surface area contributed by atoms with Crippen molar-refractivity contribution in [3.05, 3.63) is 0 Å². The van der Waals surface area contributed by atoms with Crippen LogP contribution in [0.3, 0.4) is 0 Å². The van der Waals surface area contributed by atoms with Gasteiger partial charge < -0.3 is 26.8 Å². The number of hydrogen-bond donors (Lipinski definition) is 4. The molecule has 1 aliphatic heterocycles. The number of likely N-dealkylation sites (tertiary alicyclic amines) is 1. The summed E-state index contributed by atoms with van der Waals surface area (Å²) in [6.45, 7) is 0.597. The highest BCUT2D eigenvalue weighted by atomic mass is 16.4. The molecule has 21 heavy (non-hydrogen) atoms. The van der Waals surface area contributed by atoms with E-state index in [2.05, 4.69) is 5.32 Å². The summed E-state index contributed by atoms with van der Waals surface area (Å²) in [5, 5.41) is 10.9. The Bertz CT molecular complexity index is 388. The molecule has 8 heteroatoms. The monoisotopic (exact) mass is 300 g/mol. The van der Waals surface area contributed by atoms with Crippen LogP contribution in [0.1, 0.15) is 32.1 Å². The molecule has 0 radical (unpaired) electrons. The number of aliphatic carboxylic acids is 1. The predicted molar refractivity (Wildman–Crippen MR) is 76.3 cm³/mol. The zero-order chi connectivity index (χ0) is 15.8.